The van der Waals surface area contributed by atoms with Gasteiger partial charge in [-0.2, -0.15) is 0 Å². The quantitative estimate of drug-likeness (QED) is 0.901. The van der Waals surface area contributed by atoms with Crippen molar-refractivity contribution in [1.29, 1.82) is 0 Å². The first-order chi connectivity index (χ1) is 8.69. The Balaban J connectivity index is 2.38. The predicted octanol–water partition coefficient (Wildman–Crippen LogP) is 2.28. The molecule has 0 aliphatic heterocycles. The maximum atomic E-state index is 12.4. The fourth-order valence-corrected chi connectivity index (χ4v) is 2.05. The number of carbonyl (C=O) groups is 1. The van der Waals surface area contributed by atoms with Crippen LogP contribution in [0.4, 0.5) is 0 Å². The molecule has 1 atom stereocenters. The number of rotatable bonds is 4. The summed E-state index contributed by atoms with van der Waals surface area (Å²) in [5.41, 5.74) is 1.25. The molecule has 1 N–H and O–H groups in total. The van der Waals surface area contributed by atoms with E-state index in [1.54, 1.807) is 4.90 Å². The Morgan fingerprint density at radius 2 is 2.17 bits per heavy atom. The summed E-state index contributed by atoms with van der Waals surface area (Å²) in [5.74, 6) is -0.107. The molecule has 0 saturated carbocycles. The highest BCUT2D eigenvalue weighted by atomic mass is 16.3. The van der Waals surface area contributed by atoms with E-state index in [1.165, 1.54) is 6.26 Å². The molecule has 1 amide bonds. The van der Waals surface area contributed by atoms with Crippen LogP contribution in [0.15, 0.2) is 34.9 Å². The number of benzene rings is 1. The maximum absolute atomic E-state index is 12.4. The van der Waals surface area contributed by atoms with E-state index in [4.69, 9.17) is 4.42 Å². The van der Waals surface area contributed by atoms with Crippen molar-refractivity contribution in [3.8, 4) is 0 Å². The summed E-state index contributed by atoms with van der Waals surface area (Å²) < 4.78 is 5.37. The Morgan fingerprint density at radius 3 is 2.83 bits per heavy atom. The Bertz CT molecular complexity index is 547. The van der Waals surface area contributed by atoms with E-state index in [9.17, 15) is 9.90 Å². The van der Waals surface area contributed by atoms with Gasteiger partial charge in [0, 0.05) is 11.9 Å². The number of aliphatic hydroxyl groups is 1. The summed E-state index contributed by atoms with van der Waals surface area (Å²) in [6.45, 7) is 4.23. The highest BCUT2D eigenvalue weighted by molar-refractivity contribution is 6.05. The number of hydrogen-bond acceptors (Lipinski definition) is 3. The lowest BCUT2D eigenvalue weighted by atomic mass is 10.1. The summed E-state index contributed by atoms with van der Waals surface area (Å²) in [4.78, 5) is 14.0. The topological polar surface area (TPSA) is 53.7 Å². The molecule has 0 fully saturated rings. The van der Waals surface area contributed by atoms with Gasteiger partial charge in [0.2, 0.25) is 0 Å². The van der Waals surface area contributed by atoms with Crippen LogP contribution < -0.4 is 0 Å². The molecular formula is C14H17NO3. The second kappa shape index (κ2) is 5.23. The van der Waals surface area contributed by atoms with Gasteiger partial charge in [-0.3, -0.25) is 4.79 Å². The van der Waals surface area contributed by atoms with Gasteiger partial charge in [0.25, 0.3) is 5.91 Å². The van der Waals surface area contributed by atoms with Gasteiger partial charge in [-0.15, -0.1) is 0 Å². The highest BCUT2D eigenvalue weighted by Crippen LogP contribution is 2.22. The lowest BCUT2D eigenvalue weighted by Crippen LogP contribution is -2.40. The summed E-state index contributed by atoms with van der Waals surface area (Å²) >= 11 is 0. The molecule has 0 bridgehead atoms. The van der Waals surface area contributed by atoms with Crippen molar-refractivity contribution in [2.45, 2.75) is 19.9 Å². The summed E-state index contributed by atoms with van der Waals surface area (Å²) in [6, 6.07) is 7.24. The largest absolute Gasteiger partial charge is 0.463 e. The minimum Gasteiger partial charge on any atom is -0.463 e. The van der Waals surface area contributed by atoms with Gasteiger partial charge < -0.3 is 14.4 Å². The Kier molecular flexibility index (Phi) is 3.67. The van der Waals surface area contributed by atoms with Gasteiger partial charge in [-0.05, 0) is 19.9 Å². The van der Waals surface area contributed by atoms with Crippen molar-refractivity contribution >= 4 is 16.9 Å². The molecule has 1 aromatic heterocycles. The number of furan rings is 1. The molecule has 1 unspecified atom stereocenters. The zero-order chi connectivity index (χ0) is 13.1. The minimum absolute atomic E-state index is 0.0463. The van der Waals surface area contributed by atoms with Crippen molar-refractivity contribution in [1.82, 2.24) is 4.90 Å². The molecule has 0 spiro atoms. The standard InChI is InChI=1S/C14H17NO3/c1-3-15(10(2)8-16)14(17)12-9-18-13-7-5-4-6-11(12)13/h4-7,9-10,16H,3,8H2,1-2H3. The maximum Gasteiger partial charge on any atom is 0.258 e. The van der Waals surface area contributed by atoms with Crippen LogP contribution in [-0.2, 0) is 0 Å². The number of amides is 1. The van der Waals surface area contributed by atoms with Crippen LogP contribution >= 0.6 is 0 Å². The first kappa shape index (κ1) is 12.6. The average Bonchev–Trinajstić information content (AvgIpc) is 2.82. The minimum atomic E-state index is -0.198. The van der Waals surface area contributed by atoms with E-state index in [2.05, 4.69) is 0 Å². The van der Waals surface area contributed by atoms with Crippen molar-refractivity contribution < 1.29 is 14.3 Å². The first-order valence-electron chi connectivity index (χ1n) is 6.07. The molecule has 4 heteroatoms. The number of aliphatic hydroxyl groups excluding tert-OH is 1. The molecular weight excluding hydrogens is 230 g/mol. The molecule has 96 valence electrons. The van der Waals surface area contributed by atoms with Crippen LogP contribution in [0.25, 0.3) is 11.0 Å². The zero-order valence-corrected chi connectivity index (χ0v) is 10.6. The fourth-order valence-electron chi connectivity index (χ4n) is 2.05. The lowest BCUT2D eigenvalue weighted by Gasteiger charge is -2.26. The van der Waals surface area contributed by atoms with Crippen LogP contribution in [0, 0.1) is 0 Å². The van der Waals surface area contributed by atoms with E-state index in [0.717, 1.165) is 5.39 Å². The molecule has 18 heavy (non-hydrogen) atoms. The number of likely N-dealkylation sites (N-methyl/N-ethyl adjacent to an activating group) is 1. The average molecular weight is 247 g/mol. The molecule has 2 aromatic rings. The van der Waals surface area contributed by atoms with Gasteiger partial charge in [0.05, 0.1) is 18.2 Å². The monoisotopic (exact) mass is 247 g/mol. The SMILES string of the molecule is CCN(C(=O)c1coc2ccccc12)C(C)CO. The van der Waals surface area contributed by atoms with E-state index in [1.807, 2.05) is 38.1 Å². The molecule has 0 radical (unpaired) electrons. The van der Waals surface area contributed by atoms with E-state index in [-0.39, 0.29) is 18.6 Å². The van der Waals surface area contributed by atoms with Crippen LogP contribution in [-0.4, -0.2) is 35.1 Å². The van der Waals surface area contributed by atoms with Crippen molar-refractivity contribution in [3.05, 3.63) is 36.1 Å². The highest BCUT2D eigenvalue weighted by Gasteiger charge is 2.22. The molecule has 1 aromatic carbocycles. The van der Waals surface area contributed by atoms with Crippen molar-refractivity contribution in [3.63, 3.8) is 0 Å². The van der Waals surface area contributed by atoms with Crippen LogP contribution in [0.2, 0.25) is 0 Å². The summed E-state index contributed by atoms with van der Waals surface area (Å²) in [5, 5.41) is 9.99. The van der Waals surface area contributed by atoms with Gasteiger partial charge in [0.1, 0.15) is 11.8 Å². The van der Waals surface area contributed by atoms with Crippen LogP contribution in [0.1, 0.15) is 24.2 Å². The van der Waals surface area contributed by atoms with E-state index >= 15 is 0 Å². The predicted molar refractivity (Wildman–Crippen MR) is 69.5 cm³/mol. The van der Waals surface area contributed by atoms with Crippen LogP contribution in [0.3, 0.4) is 0 Å². The third kappa shape index (κ3) is 2.11. The summed E-state index contributed by atoms with van der Waals surface area (Å²) in [6.07, 6.45) is 1.49. The molecule has 4 nitrogen and oxygen atoms in total. The second-order valence-electron chi connectivity index (χ2n) is 4.27. The third-order valence-corrected chi connectivity index (χ3v) is 3.11. The Labute approximate surface area is 106 Å². The number of fused-ring (bicyclic) bond motifs is 1. The van der Waals surface area contributed by atoms with Gasteiger partial charge >= 0.3 is 0 Å². The van der Waals surface area contributed by atoms with Crippen molar-refractivity contribution in [2.24, 2.45) is 0 Å². The number of hydrogen-bond donors (Lipinski definition) is 1. The van der Waals surface area contributed by atoms with Gasteiger partial charge in [0.15, 0.2) is 0 Å². The molecule has 2 rings (SSSR count). The first-order valence-corrected chi connectivity index (χ1v) is 6.07. The zero-order valence-electron chi connectivity index (χ0n) is 10.6. The van der Waals surface area contributed by atoms with E-state index < -0.39 is 0 Å². The van der Waals surface area contributed by atoms with Gasteiger partial charge in [-0.1, -0.05) is 18.2 Å². The number of nitrogens with zero attached hydrogens (tertiary/aromatic N) is 1. The molecule has 1 heterocycles. The smallest absolute Gasteiger partial charge is 0.258 e. The normalized spacial score (nSPS) is 12.6. The Hall–Kier alpha value is -1.81. The summed E-state index contributed by atoms with van der Waals surface area (Å²) in [7, 11) is 0. The Morgan fingerprint density at radius 1 is 1.44 bits per heavy atom. The van der Waals surface area contributed by atoms with Gasteiger partial charge in [-0.25, -0.2) is 0 Å². The second-order valence-corrected chi connectivity index (χ2v) is 4.27. The molecule has 0 aliphatic rings. The van der Waals surface area contributed by atoms with Crippen molar-refractivity contribution in [2.75, 3.05) is 13.2 Å². The van der Waals surface area contributed by atoms with E-state index in [0.29, 0.717) is 17.7 Å². The number of para-hydroxylation sites is 1. The fraction of sp³-hybridized carbons (Fsp3) is 0.357. The molecule has 0 saturated heterocycles. The number of carbonyl (C=O) groups excluding carboxylic acids is 1. The third-order valence-electron chi connectivity index (χ3n) is 3.11. The van der Waals surface area contributed by atoms with Crippen LogP contribution in [0.5, 0.6) is 0 Å². The molecule has 0 aliphatic carbocycles. The lowest BCUT2D eigenvalue weighted by molar-refractivity contribution is 0.0633.